The molecule has 0 saturated heterocycles. The molecule has 0 aliphatic rings. The van der Waals surface area contributed by atoms with Crippen LogP contribution in [0.5, 0.6) is 0 Å². The van der Waals surface area contributed by atoms with Gasteiger partial charge in [0, 0.05) is 0 Å². The molecule has 0 atom stereocenters. The van der Waals surface area contributed by atoms with Crippen molar-refractivity contribution in [3.05, 3.63) is 0 Å². The van der Waals surface area contributed by atoms with E-state index in [1.54, 1.807) is 0 Å². The highest BCUT2D eigenvalue weighted by atomic mass is 14.5. The van der Waals surface area contributed by atoms with Gasteiger partial charge >= 0.3 is 0 Å². The zero-order chi connectivity index (χ0) is 13.3. The summed E-state index contributed by atoms with van der Waals surface area (Å²) >= 11 is 0. The van der Waals surface area contributed by atoms with Crippen LogP contribution in [-0.4, -0.2) is 6.54 Å². The Morgan fingerprint density at radius 1 is 0.588 bits per heavy atom. The molecule has 0 radical (unpaired) electrons. The van der Waals surface area contributed by atoms with Crippen LogP contribution in [0.15, 0.2) is 0 Å². The topological polar surface area (TPSA) is 26.0 Å². The molecule has 0 saturated carbocycles. The van der Waals surface area contributed by atoms with Gasteiger partial charge in [-0.25, -0.2) is 0 Å². The standard InChI is InChI=1S/C16H35N/c1-2-3-4-5-6-7-8-9-10-11-12-13-14-15-16-17/h2-17H2,1H3/i/hD. The highest BCUT2D eigenvalue weighted by molar-refractivity contribution is 4.49. The fourth-order valence-electron chi connectivity index (χ4n) is 2.32. The molecule has 0 aliphatic carbocycles. The van der Waals surface area contributed by atoms with Crippen LogP contribution in [0, 0.1) is 0 Å². The molecule has 0 unspecified atom stereocenters. The van der Waals surface area contributed by atoms with E-state index in [2.05, 4.69) is 12.7 Å². The first kappa shape index (κ1) is 15.0. The summed E-state index contributed by atoms with van der Waals surface area (Å²) in [6.45, 7) is 3.14. The number of unbranched alkanes of at least 4 members (excludes halogenated alkanes) is 13. The number of hydrogen-bond acceptors (Lipinski definition) is 1. The fourth-order valence-corrected chi connectivity index (χ4v) is 2.32. The molecule has 0 rings (SSSR count). The van der Waals surface area contributed by atoms with Gasteiger partial charge in [0.05, 0.1) is 0 Å². The maximum absolute atomic E-state index is 6.82. The van der Waals surface area contributed by atoms with Gasteiger partial charge in [0.25, 0.3) is 0 Å². The van der Waals surface area contributed by atoms with Crippen molar-refractivity contribution in [1.82, 2.24) is 0 Å². The summed E-state index contributed by atoms with van der Waals surface area (Å²) in [5.41, 5.74) is 2.46. The van der Waals surface area contributed by atoms with Gasteiger partial charge in [-0.3, -0.25) is 0 Å². The molecule has 0 heterocycles. The van der Waals surface area contributed by atoms with Gasteiger partial charge < -0.3 is 5.73 Å². The molecule has 0 aromatic heterocycles. The summed E-state index contributed by atoms with van der Waals surface area (Å²) < 4.78 is 6.82. The van der Waals surface area contributed by atoms with Crippen LogP contribution in [-0.2, 0) is 0 Å². The smallest absolute Gasteiger partial charge is 0.118 e. The largest absolute Gasteiger partial charge is 0.330 e. The zero-order valence-electron chi connectivity index (χ0n) is 13.1. The zero-order valence-corrected chi connectivity index (χ0v) is 12.1. The molecule has 0 bridgehead atoms. The van der Waals surface area contributed by atoms with E-state index in [4.69, 9.17) is 1.41 Å². The van der Waals surface area contributed by atoms with Gasteiger partial charge in [-0.2, -0.15) is 0 Å². The highest BCUT2D eigenvalue weighted by Gasteiger charge is 1.93. The first-order chi connectivity index (χ1) is 8.91. The monoisotopic (exact) mass is 242 g/mol. The van der Waals surface area contributed by atoms with E-state index in [0.717, 1.165) is 6.54 Å². The van der Waals surface area contributed by atoms with E-state index in [9.17, 15) is 0 Å². The second kappa shape index (κ2) is 16.0. The molecule has 0 amide bonds. The SMILES string of the molecule is [2H]NCCCCCCCCCCCCCCCC. The van der Waals surface area contributed by atoms with Crippen LogP contribution >= 0.6 is 0 Å². The normalized spacial score (nSPS) is 11.7. The van der Waals surface area contributed by atoms with E-state index in [1.807, 2.05) is 0 Å². The van der Waals surface area contributed by atoms with Crippen LogP contribution in [0.2, 0.25) is 1.41 Å². The maximum atomic E-state index is 6.82. The van der Waals surface area contributed by atoms with Crippen molar-refractivity contribution in [2.75, 3.05) is 6.54 Å². The Morgan fingerprint density at radius 2 is 0.941 bits per heavy atom. The second-order valence-electron chi connectivity index (χ2n) is 5.35. The Hall–Kier alpha value is -0.0400. The van der Waals surface area contributed by atoms with Crippen LogP contribution in [0.3, 0.4) is 0 Å². The molecular weight excluding hydrogens is 206 g/mol. The second-order valence-corrected chi connectivity index (χ2v) is 5.35. The average Bonchev–Trinajstić information content (AvgIpc) is 2.39. The minimum absolute atomic E-state index is 0.859. The Labute approximate surface area is 111 Å². The summed E-state index contributed by atoms with van der Waals surface area (Å²) in [6.07, 6.45) is 19.6. The molecule has 2 N–H and O–H groups in total. The molecule has 0 aromatic carbocycles. The minimum atomic E-state index is 0.859. The van der Waals surface area contributed by atoms with Crippen molar-refractivity contribution in [3.8, 4) is 0 Å². The summed E-state index contributed by atoms with van der Waals surface area (Å²) in [7, 11) is 0. The first-order valence-corrected chi connectivity index (χ1v) is 8.06. The fraction of sp³-hybridized carbons (Fsp3) is 1.00. The minimum Gasteiger partial charge on any atom is -0.330 e. The van der Waals surface area contributed by atoms with Gasteiger partial charge in [-0.1, -0.05) is 90.4 Å². The first-order valence-electron chi connectivity index (χ1n) is 8.56. The van der Waals surface area contributed by atoms with Gasteiger partial charge in [0.1, 0.15) is 1.41 Å². The summed E-state index contributed by atoms with van der Waals surface area (Å²) in [5.74, 6) is 0. The van der Waals surface area contributed by atoms with Crippen molar-refractivity contribution in [1.29, 1.82) is 0 Å². The molecule has 17 heavy (non-hydrogen) atoms. The van der Waals surface area contributed by atoms with Crippen molar-refractivity contribution >= 4 is 0 Å². The van der Waals surface area contributed by atoms with Crippen LogP contribution in [0.1, 0.15) is 96.8 Å². The molecule has 1 heteroatoms. The third-order valence-electron chi connectivity index (χ3n) is 3.53. The molecular formula is C16H35N. The van der Waals surface area contributed by atoms with E-state index in [1.165, 1.54) is 89.9 Å². The van der Waals surface area contributed by atoms with Crippen molar-refractivity contribution in [3.63, 3.8) is 0 Å². The highest BCUT2D eigenvalue weighted by Crippen LogP contribution is 2.12. The molecule has 104 valence electrons. The van der Waals surface area contributed by atoms with Gasteiger partial charge in [0.2, 0.25) is 0 Å². The molecule has 0 spiro atoms. The van der Waals surface area contributed by atoms with Gasteiger partial charge in [-0.05, 0) is 13.0 Å². The lowest BCUT2D eigenvalue weighted by Gasteiger charge is -2.02. The Kier molecular flexibility index (Phi) is 14.1. The Bertz CT molecular complexity index is 123. The lowest BCUT2D eigenvalue weighted by Crippen LogP contribution is -1.97. The van der Waals surface area contributed by atoms with Crippen LogP contribution < -0.4 is 5.73 Å². The molecule has 1 nitrogen and oxygen atoms in total. The molecule has 0 aliphatic heterocycles. The quantitative estimate of drug-likeness (QED) is 0.381. The molecule has 0 aromatic rings. The third kappa shape index (κ3) is 16.0. The molecule has 0 fully saturated rings. The number of rotatable bonds is 15. The van der Waals surface area contributed by atoms with E-state index >= 15 is 0 Å². The summed E-state index contributed by atoms with van der Waals surface area (Å²) in [6, 6.07) is 0. The Morgan fingerprint density at radius 3 is 1.29 bits per heavy atom. The van der Waals surface area contributed by atoms with Crippen LogP contribution in [0.25, 0.3) is 0 Å². The average molecular weight is 242 g/mol. The lowest BCUT2D eigenvalue weighted by atomic mass is 10.0. The van der Waals surface area contributed by atoms with E-state index < -0.39 is 0 Å². The van der Waals surface area contributed by atoms with E-state index in [0.29, 0.717) is 0 Å². The van der Waals surface area contributed by atoms with Crippen molar-refractivity contribution in [2.24, 2.45) is 5.73 Å². The Balaban J connectivity index is 2.86. The summed E-state index contributed by atoms with van der Waals surface area (Å²) in [4.78, 5) is 0. The van der Waals surface area contributed by atoms with Crippen molar-refractivity contribution < 1.29 is 1.41 Å². The van der Waals surface area contributed by atoms with Gasteiger partial charge in [-0.15, -0.1) is 0 Å². The van der Waals surface area contributed by atoms with E-state index in [-0.39, 0.29) is 0 Å². The lowest BCUT2D eigenvalue weighted by molar-refractivity contribution is 0.536. The predicted molar refractivity (Wildman–Crippen MR) is 79.4 cm³/mol. The third-order valence-corrected chi connectivity index (χ3v) is 3.53. The maximum Gasteiger partial charge on any atom is 0.118 e. The van der Waals surface area contributed by atoms with Crippen molar-refractivity contribution in [2.45, 2.75) is 96.8 Å². The predicted octanol–water partition coefficient (Wildman–Crippen LogP) is 5.43. The number of nitrogens with two attached hydrogens (primary N) is 1. The number of hydrogen-bond donors (Lipinski definition) is 1. The van der Waals surface area contributed by atoms with Gasteiger partial charge in [0.15, 0.2) is 0 Å². The summed E-state index contributed by atoms with van der Waals surface area (Å²) in [5, 5.41) is 0. The van der Waals surface area contributed by atoms with Crippen LogP contribution in [0.4, 0.5) is 0 Å².